The highest BCUT2D eigenvalue weighted by atomic mass is 32.1. The first-order chi connectivity index (χ1) is 6.57. The van der Waals surface area contributed by atoms with Crippen molar-refractivity contribution in [3.8, 4) is 0 Å². The highest BCUT2D eigenvalue weighted by Crippen LogP contribution is 2.38. The Kier molecular flexibility index (Phi) is 2.53. The van der Waals surface area contributed by atoms with Crippen LogP contribution in [-0.4, -0.2) is 13.1 Å². The topological polar surface area (TPSA) is 12.0 Å². The Morgan fingerprint density at radius 2 is 2.14 bits per heavy atom. The number of alkyl halides is 3. The average molecular weight is 221 g/mol. The molecule has 2 heterocycles. The van der Waals surface area contributed by atoms with Gasteiger partial charge >= 0.3 is 6.18 Å². The lowest BCUT2D eigenvalue weighted by Crippen LogP contribution is -2.07. The maximum absolute atomic E-state index is 12.3. The van der Waals surface area contributed by atoms with Crippen LogP contribution in [0.3, 0.4) is 0 Å². The molecule has 1 aliphatic heterocycles. The summed E-state index contributed by atoms with van der Waals surface area (Å²) in [6.45, 7) is 1.71. The molecule has 1 nitrogen and oxygen atoms in total. The van der Waals surface area contributed by atoms with Crippen molar-refractivity contribution in [1.29, 1.82) is 0 Å². The van der Waals surface area contributed by atoms with Crippen LogP contribution in [0.25, 0.3) is 0 Å². The predicted octanol–water partition coefficient (Wildman–Crippen LogP) is 2.84. The van der Waals surface area contributed by atoms with E-state index in [0.29, 0.717) is 0 Å². The summed E-state index contributed by atoms with van der Waals surface area (Å²) in [5, 5.41) is 3.14. The fourth-order valence-electron chi connectivity index (χ4n) is 1.62. The molecule has 1 aliphatic rings. The van der Waals surface area contributed by atoms with Gasteiger partial charge in [-0.1, -0.05) is 0 Å². The molecule has 0 bridgehead atoms. The van der Waals surface area contributed by atoms with Crippen LogP contribution in [0.1, 0.15) is 22.1 Å². The highest BCUT2D eigenvalue weighted by Gasteiger charge is 2.33. The zero-order valence-electron chi connectivity index (χ0n) is 7.40. The van der Waals surface area contributed by atoms with Gasteiger partial charge in [-0.3, -0.25) is 0 Å². The molecular weight excluding hydrogens is 211 g/mol. The van der Waals surface area contributed by atoms with Crippen LogP contribution in [0.15, 0.2) is 12.1 Å². The van der Waals surface area contributed by atoms with Crippen molar-refractivity contribution >= 4 is 11.3 Å². The summed E-state index contributed by atoms with van der Waals surface area (Å²) < 4.78 is 36.8. The summed E-state index contributed by atoms with van der Waals surface area (Å²) in [4.78, 5) is 0.363. The van der Waals surface area contributed by atoms with E-state index >= 15 is 0 Å². The summed E-state index contributed by atoms with van der Waals surface area (Å²) >= 11 is 0.872. The Labute approximate surface area is 83.9 Å². The van der Waals surface area contributed by atoms with Gasteiger partial charge in [0.2, 0.25) is 0 Å². The van der Waals surface area contributed by atoms with E-state index in [1.54, 1.807) is 6.07 Å². The molecule has 1 unspecified atom stereocenters. The lowest BCUT2D eigenvalue weighted by molar-refractivity contribution is -0.134. The molecule has 78 valence electrons. The molecule has 1 fully saturated rings. The number of thiophene rings is 1. The van der Waals surface area contributed by atoms with Crippen molar-refractivity contribution in [2.45, 2.75) is 18.5 Å². The van der Waals surface area contributed by atoms with Crippen molar-refractivity contribution in [3.63, 3.8) is 0 Å². The number of halogens is 3. The molecule has 1 aromatic rings. The molecule has 2 rings (SSSR count). The van der Waals surface area contributed by atoms with Crippen LogP contribution in [0.2, 0.25) is 0 Å². The third-order valence-corrected chi connectivity index (χ3v) is 3.66. The van der Waals surface area contributed by atoms with E-state index < -0.39 is 11.1 Å². The van der Waals surface area contributed by atoms with Crippen molar-refractivity contribution in [2.75, 3.05) is 13.1 Å². The van der Waals surface area contributed by atoms with Crippen molar-refractivity contribution in [2.24, 2.45) is 0 Å². The van der Waals surface area contributed by atoms with E-state index in [4.69, 9.17) is 0 Å². The van der Waals surface area contributed by atoms with Crippen molar-refractivity contribution in [3.05, 3.63) is 21.9 Å². The van der Waals surface area contributed by atoms with Gasteiger partial charge in [-0.05, 0) is 25.1 Å². The van der Waals surface area contributed by atoms with Crippen molar-refractivity contribution in [1.82, 2.24) is 5.32 Å². The second kappa shape index (κ2) is 3.55. The fraction of sp³-hybridized carbons (Fsp3) is 0.556. The maximum atomic E-state index is 12.3. The molecule has 0 aliphatic carbocycles. The van der Waals surface area contributed by atoms with Crippen LogP contribution in [0.4, 0.5) is 13.2 Å². The molecule has 0 aromatic carbocycles. The molecule has 0 spiro atoms. The number of hydrogen-bond donors (Lipinski definition) is 1. The fourth-order valence-corrected chi connectivity index (χ4v) is 2.63. The maximum Gasteiger partial charge on any atom is 0.425 e. The minimum atomic E-state index is -4.19. The Morgan fingerprint density at radius 3 is 2.64 bits per heavy atom. The summed E-state index contributed by atoms with van der Waals surface area (Å²) in [6, 6.07) is 2.78. The molecule has 14 heavy (non-hydrogen) atoms. The third kappa shape index (κ3) is 1.93. The molecule has 0 amide bonds. The Balaban J connectivity index is 2.17. The molecule has 0 saturated carbocycles. The Morgan fingerprint density at radius 1 is 1.36 bits per heavy atom. The molecule has 1 atom stereocenters. The van der Waals surface area contributed by atoms with Crippen LogP contribution >= 0.6 is 11.3 Å². The van der Waals surface area contributed by atoms with Gasteiger partial charge in [-0.25, -0.2) is 0 Å². The summed E-state index contributed by atoms with van der Waals surface area (Å²) in [6.07, 6.45) is -3.24. The van der Waals surface area contributed by atoms with Gasteiger partial charge < -0.3 is 5.32 Å². The standard InChI is InChI=1S/C9H10F3NS/c10-9(11,12)8-2-1-7(14-8)6-3-4-13-5-6/h1-2,6,13H,3-5H2. The van der Waals surface area contributed by atoms with E-state index in [-0.39, 0.29) is 5.92 Å². The van der Waals surface area contributed by atoms with Crippen LogP contribution < -0.4 is 5.32 Å². The normalized spacial score (nSPS) is 22.9. The monoisotopic (exact) mass is 221 g/mol. The predicted molar refractivity (Wildman–Crippen MR) is 49.5 cm³/mol. The van der Waals surface area contributed by atoms with Gasteiger partial charge in [0.05, 0.1) is 0 Å². The molecule has 0 radical (unpaired) electrons. The SMILES string of the molecule is FC(F)(F)c1ccc(C2CCNC2)s1. The van der Waals surface area contributed by atoms with Gasteiger partial charge in [-0.2, -0.15) is 13.2 Å². The Bertz CT molecular complexity index is 312. The van der Waals surface area contributed by atoms with E-state index in [1.807, 2.05) is 0 Å². The first kappa shape index (κ1) is 9.98. The first-order valence-electron chi connectivity index (χ1n) is 4.45. The molecule has 1 N–H and O–H groups in total. The number of rotatable bonds is 1. The zero-order chi connectivity index (χ0) is 10.2. The first-order valence-corrected chi connectivity index (χ1v) is 5.26. The van der Waals surface area contributed by atoms with Gasteiger partial charge in [0, 0.05) is 17.3 Å². The van der Waals surface area contributed by atoms with Gasteiger partial charge in [0.1, 0.15) is 4.88 Å². The second-order valence-electron chi connectivity index (χ2n) is 3.39. The average Bonchev–Trinajstić information content (AvgIpc) is 2.73. The van der Waals surface area contributed by atoms with Crippen LogP contribution in [0, 0.1) is 0 Å². The summed E-state index contributed by atoms with van der Waals surface area (Å²) in [7, 11) is 0. The minimum absolute atomic E-state index is 0.274. The lowest BCUT2D eigenvalue weighted by Gasteiger charge is -2.04. The van der Waals surface area contributed by atoms with Crippen molar-refractivity contribution < 1.29 is 13.2 Å². The van der Waals surface area contributed by atoms with E-state index in [1.165, 1.54) is 6.07 Å². The number of nitrogens with one attached hydrogen (secondary N) is 1. The zero-order valence-corrected chi connectivity index (χ0v) is 8.21. The quantitative estimate of drug-likeness (QED) is 0.769. The van der Waals surface area contributed by atoms with Gasteiger partial charge in [0.15, 0.2) is 0 Å². The number of hydrogen-bond acceptors (Lipinski definition) is 2. The van der Waals surface area contributed by atoms with Gasteiger partial charge in [0.25, 0.3) is 0 Å². The smallest absolute Gasteiger partial charge is 0.316 e. The van der Waals surface area contributed by atoms with E-state index in [2.05, 4.69) is 5.32 Å². The second-order valence-corrected chi connectivity index (χ2v) is 4.50. The van der Waals surface area contributed by atoms with Gasteiger partial charge in [-0.15, -0.1) is 11.3 Å². The highest BCUT2D eigenvalue weighted by molar-refractivity contribution is 7.12. The van der Waals surface area contributed by atoms with E-state index in [9.17, 15) is 13.2 Å². The summed E-state index contributed by atoms with van der Waals surface area (Å²) in [5.74, 6) is 0.274. The third-order valence-electron chi connectivity index (χ3n) is 2.37. The molecular formula is C9H10F3NS. The van der Waals surface area contributed by atoms with E-state index in [0.717, 1.165) is 35.7 Å². The molecule has 1 saturated heterocycles. The van der Waals surface area contributed by atoms with Crippen LogP contribution in [-0.2, 0) is 6.18 Å². The summed E-state index contributed by atoms with van der Waals surface area (Å²) in [5.41, 5.74) is 0. The minimum Gasteiger partial charge on any atom is -0.316 e. The Hall–Kier alpha value is -0.550. The van der Waals surface area contributed by atoms with Crippen LogP contribution in [0.5, 0.6) is 0 Å². The molecule has 1 aromatic heterocycles. The molecule has 5 heteroatoms. The lowest BCUT2D eigenvalue weighted by atomic mass is 10.1. The largest absolute Gasteiger partial charge is 0.425 e.